The molecule has 0 aromatic heterocycles. The molecule has 1 heterocycles. The van der Waals surface area contributed by atoms with Gasteiger partial charge in [0, 0.05) is 17.8 Å². The van der Waals surface area contributed by atoms with Crippen LogP contribution in [0.4, 0.5) is 5.69 Å². The number of carbonyl (C=O) groups is 1. The van der Waals surface area contributed by atoms with Gasteiger partial charge >= 0.3 is 0 Å². The largest absolute Gasteiger partial charge is 0.394 e. The van der Waals surface area contributed by atoms with E-state index in [1.165, 1.54) is 0 Å². The van der Waals surface area contributed by atoms with Gasteiger partial charge in [0.05, 0.1) is 25.9 Å². The number of aliphatic hydroxyl groups excluding tert-OH is 1. The summed E-state index contributed by atoms with van der Waals surface area (Å²) in [6, 6.07) is 7.44. The highest BCUT2D eigenvalue weighted by molar-refractivity contribution is 5.99. The van der Waals surface area contributed by atoms with Crippen LogP contribution in [0, 0.1) is 0 Å². The lowest BCUT2D eigenvalue weighted by atomic mass is 10.1. The molecule has 1 unspecified atom stereocenters. The Bertz CT molecular complexity index is 405. The monoisotopic (exact) mass is 235 g/mol. The zero-order valence-corrected chi connectivity index (χ0v) is 9.93. The summed E-state index contributed by atoms with van der Waals surface area (Å²) in [6.07, 6.45) is 0. The highest BCUT2D eigenvalue weighted by Gasteiger charge is 2.24. The van der Waals surface area contributed by atoms with Crippen molar-refractivity contribution >= 4 is 11.5 Å². The number of anilines is 1. The number of rotatable bonds is 3. The Kier molecular flexibility index (Phi) is 3.76. The first-order valence-corrected chi connectivity index (χ1v) is 5.79. The predicted molar refractivity (Wildman–Crippen MR) is 65.5 cm³/mol. The molecule has 92 valence electrons. The first-order valence-electron chi connectivity index (χ1n) is 5.79. The number of para-hydroxylation sites is 1. The summed E-state index contributed by atoms with van der Waals surface area (Å²) < 4.78 is 5.34. The van der Waals surface area contributed by atoms with E-state index in [2.05, 4.69) is 4.90 Å². The van der Waals surface area contributed by atoms with Gasteiger partial charge in [-0.2, -0.15) is 0 Å². The normalized spacial score (nSPS) is 20.4. The Morgan fingerprint density at radius 3 is 3.00 bits per heavy atom. The molecule has 1 saturated heterocycles. The lowest BCUT2D eigenvalue weighted by Gasteiger charge is -2.37. The fraction of sp³-hybridized carbons (Fsp3) is 0.462. The molecule has 4 nitrogen and oxygen atoms in total. The van der Waals surface area contributed by atoms with E-state index < -0.39 is 0 Å². The fourth-order valence-corrected chi connectivity index (χ4v) is 2.15. The highest BCUT2D eigenvalue weighted by atomic mass is 16.5. The lowest BCUT2D eigenvalue weighted by molar-refractivity contribution is 0.0724. The molecule has 4 heteroatoms. The molecule has 0 aliphatic carbocycles. The van der Waals surface area contributed by atoms with Crippen LogP contribution in [-0.2, 0) is 4.74 Å². The molecular formula is C13H17NO3. The zero-order valence-electron chi connectivity index (χ0n) is 9.93. The van der Waals surface area contributed by atoms with Gasteiger partial charge in [-0.3, -0.25) is 4.79 Å². The van der Waals surface area contributed by atoms with E-state index in [4.69, 9.17) is 4.74 Å². The summed E-state index contributed by atoms with van der Waals surface area (Å²) in [5.41, 5.74) is 1.59. The van der Waals surface area contributed by atoms with E-state index in [9.17, 15) is 9.90 Å². The van der Waals surface area contributed by atoms with Crippen molar-refractivity contribution in [2.45, 2.75) is 13.0 Å². The molecule has 0 saturated carbocycles. The van der Waals surface area contributed by atoms with Crippen LogP contribution in [0.5, 0.6) is 0 Å². The molecule has 1 N–H and O–H groups in total. The Hall–Kier alpha value is -1.39. The maximum atomic E-state index is 11.6. The molecule has 1 fully saturated rings. The zero-order chi connectivity index (χ0) is 12.3. The number of hydrogen-bond donors (Lipinski definition) is 1. The molecule has 1 atom stereocenters. The molecular weight excluding hydrogens is 218 g/mol. The topological polar surface area (TPSA) is 49.8 Å². The minimum absolute atomic E-state index is 0.0340. The molecule has 0 amide bonds. The smallest absolute Gasteiger partial charge is 0.161 e. The average Bonchev–Trinajstić information content (AvgIpc) is 2.38. The van der Waals surface area contributed by atoms with Gasteiger partial charge in [0.1, 0.15) is 0 Å². The quantitative estimate of drug-likeness (QED) is 0.797. The second-order valence-electron chi connectivity index (χ2n) is 4.18. The van der Waals surface area contributed by atoms with E-state index in [0.29, 0.717) is 25.3 Å². The van der Waals surface area contributed by atoms with Crippen LogP contribution >= 0.6 is 0 Å². The van der Waals surface area contributed by atoms with Crippen LogP contribution in [0.1, 0.15) is 17.3 Å². The Labute approximate surface area is 101 Å². The SMILES string of the molecule is CC(=O)c1ccccc1N1CCOCC1CO. The van der Waals surface area contributed by atoms with Crippen molar-refractivity contribution < 1.29 is 14.6 Å². The van der Waals surface area contributed by atoms with Crippen LogP contribution in [0.25, 0.3) is 0 Å². The van der Waals surface area contributed by atoms with E-state index in [1.807, 2.05) is 24.3 Å². The summed E-state index contributed by atoms with van der Waals surface area (Å²) in [5, 5.41) is 9.35. The van der Waals surface area contributed by atoms with Crippen molar-refractivity contribution in [3.8, 4) is 0 Å². The Balaban J connectivity index is 2.34. The number of benzene rings is 1. The van der Waals surface area contributed by atoms with Crippen LogP contribution in [0.15, 0.2) is 24.3 Å². The Morgan fingerprint density at radius 2 is 2.29 bits per heavy atom. The molecule has 0 spiro atoms. The number of aliphatic hydroxyl groups is 1. The molecule has 1 aromatic rings. The highest BCUT2D eigenvalue weighted by Crippen LogP contribution is 2.24. The molecule has 0 radical (unpaired) electrons. The molecule has 1 aliphatic rings. The van der Waals surface area contributed by atoms with Gasteiger partial charge in [-0.15, -0.1) is 0 Å². The molecule has 1 aliphatic heterocycles. The van der Waals surface area contributed by atoms with Crippen molar-refractivity contribution in [3.63, 3.8) is 0 Å². The standard InChI is InChI=1S/C13H17NO3/c1-10(16)12-4-2-3-5-13(12)14-6-7-17-9-11(14)8-15/h2-5,11,15H,6-9H2,1H3. The van der Waals surface area contributed by atoms with Gasteiger partial charge in [0.25, 0.3) is 0 Å². The third kappa shape index (κ3) is 2.48. The summed E-state index contributed by atoms with van der Waals surface area (Å²) in [6.45, 7) is 3.43. The first kappa shape index (κ1) is 12.1. The molecule has 1 aromatic carbocycles. The molecule has 17 heavy (non-hydrogen) atoms. The van der Waals surface area contributed by atoms with Crippen LogP contribution in [0.2, 0.25) is 0 Å². The van der Waals surface area contributed by atoms with E-state index in [1.54, 1.807) is 6.92 Å². The van der Waals surface area contributed by atoms with E-state index in [-0.39, 0.29) is 18.4 Å². The summed E-state index contributed by atoms with van der Waals surface area (Å²) in [5.74, 6) is 0.0452. The predicted octanol–water partition coefficient (Wildman–Crippen LogP) is 1.09. The number of ketones is 1. The van der Waals surface area contributed by atoms with Gasteiger partial charge < -0.3 is 14.7 Å². The van der Waals surface area contributed by atoms with Crippen molar-refractivity contribution in [3.05, 3.63) is 29.8 Å². The third-order valence-corrected chi connectivity index (χ3v) is 3.03. The number of carbonyl (C=O) groups excluding carboxylic acids is 1. The van der Waals surface area contributed by atoms with E-state index >= 15 is 0 Å². The third-order valence-electron chi connectivity index (χ3n) is 3.03. The van der Waals surface area contributed by atoms with Gasteiger partial charge in [-0.25, -0.2) is 0 Å². The number of ether oxygens (including phenoxy) is 1. The van der Waals surface area contributed by atoms with Crippen LogP contribution in [0.3, 0.4) is 0 Å². The minimum atomic E-state index is -0.0655. The van der Waals surface area contributed by atoms with Crippen molar-refractivity contribution in [2.75, 3.05) is 31.3 Å². The number of nitrogens with zero attached hydrogens (tertiary/aromatic N) is 1. The second-order valence-corrected chi connectivity index (χ2v) is 4.18. The first-order chi connectivity index (χ1) is 8.24. The van der Waals surface area contributed by atoms with Gasteiger partial charge in [0.15, 0.2) is 5.78 Å². The Morgan fingerprint density at radius 1 is 1.53 bits per heavy atom. The maximum absolute atomic E-state index is 11.6. The van der Waals surface area contributed by atoms with Gasteiger partial charge in [-0.05, 0) is 19.1 Å². The molecule has 2 rings (SSSR count). The minimum Gasteiger partial charge on any atom is -0.394 e. The average molecular weight is 235 g/mol. The van der Waals surface area contributed by atoms with Crippen LogP contribution in [-0.4, -0.2) is 43.3 Å². The summed E-state index contributed by atoms with van der Waals surface area (Å²) in [7, 11) is 0. The number of morpholine rings is 1. The van der Waals surface area contributed by atoms with Gasteiger partial charge in [-0.1, -0.05) is 12.1 Å². The summed E-state index contributed by atoms with van der Waals surface area (Å²) >= 11 is 0. The van der Waals surface area contributed by atoms with Gasteiger partial charge in [0.2, 0.25) is 0 Å². The van der Waals surface area contributed by atoms with Crippen molar-refractivity contribution in [2.24, 2.45) is 0 Å². The van der Waals surface area contributed by atoms with Crippen molar-refractivity contribution in [1.29, 1.82) is 0 Å². The number of hydrogen-bond acceptors (Lipinski definition) is 4. The second kappa shape index (κ2) is 5.29. The maximum Gasteiger partial charge on any atom is 0.161 e. The number of Topliss-reactive ketones (excluding diaryl/α,β-unsaturated/α-hetero) is 1. The lowest BCUT2D eigenvalue weighted by Crippen LogP contribution is -2.48. The van der Waals surface area contributed by atoms with E-state index in [0.717, 1.165) is 5.69 Å². The summed E-state index contributed by atoms with van der Waals surface area (Å²) in [4.78, 5) is 13.6. The fourth-order valence-electron chi connectivity index (χ4n) is 2.15. The van der Waals surface area contributed by atoms with Crippen molar-refractivity contribution in [1.82, 2.24) is 0 Å². The molecule has 0 bridgehead atoms. The van der Waals surface area contributed by atoms with Crippen LogP contribution < -0.4 is 4.90 Å².